The molecule has 0 aliphatic carbocycles. The molecule has 1 aliphatic heterocycles. The van der Waals surface area contributed by atoms with E-state index in [1.165, 1.54) is 12.4 Å². The SMILES string of the molecule is Fc1cnc(C2CCNCC2)nc1.O=C(O)C(F)(F)F. The summed E-state index contributed by atoms with van der Waals surface area (Å²) in [6.07, 6.45) is -0.508. The minimum absolute atomic E-state index is 0.363. The van der Waals surface area contributed by atoms with Crippen molar-refractivity contribution >= 4 is 5.97 Å². The number of aromatic nitrogens is 2. The van der Waals surface area contributed by atoms with E-state index < -0.39 is 12.1 Å². The Hall–Kier alpha value is -1.77. The molecular weight excluding hydrogens is 282 g/mol. The quantitative estimate of drug-likeness (QED) is 0.772. The minimum atomic E-state index is -5.08. The summed E-state index contributed by atoms with van der Waals surface area (Å²) in [5, 5.41) is 10.4. The summed E-state index contributed by atoms with van der Waals surface area (Å²) in [5.74, 6) is -1.94. The third-order valence-electron chi connectivity index (χ3n) is 2.59. The van der Waals surface area contributed by atoms with Crippen LogP contribution in [0.25, 0.3) is 0 Å². The van der Waals surface area contributed by atoms with Crippen LogP contribution in [0.1, 0.15) is 24.6 Å². The van der Waals surface area contributed by atoms with Crippen molar-refractivity contribution < 1.29 is 27.5 Å². The van der Waals surface area contributed by atoms with Gasteiger partial charge in [0.1, 0.15) is 5.82 Å². The Morgan fingerprint density at radius 3 is 2.10 bits per heavy atom. The second kappa shape index (κ2) is 7.13. The zero-order chi connectivity index (χ0) is 15.2. The molecule has 1 aromatic rings. The Balaban J connectivity index is 0.000000246. The molecule has 0 unspecified atom stereocenters. The molecule has 1 aliphatic rings. The van der Waals surface area contributed by atoms with Crippen LogP contribution < -0.4 is 5.32 Å². The Morgan fingerprint density at radius 2 is 1.70 bits per heavy atom. The summed E-state index contributed by atoms with van der Waals surface area (Å²) in [7, 11) is 0. The van der Waals surface area contributed by atoms with Crippen LogP contribution in [0.15, 0.2) is 12.4 Å². The van der Waals surface area contributed by atoms with Crippen LogP contribution in [0.5, 0.6) is 0 Å². The van der Waals surface area contributed by atoms with Crippen molar-refractivity contribution in [3.63, 3.8) is 0 Å². The summed E-state index contributed by atoms with van der Waals surface area (Å²) in [6.45, 7) is 2.01. The van der Waals surface area contributed by atoms with Crippen LogP contribution in [-0.2, 0) is 4.79 Å². The number of nitrogens with one attached hydrogen (secondary N) is 1. The number of hydrogen-bond donors (Lipinski definition) is 2. The number of halogens is 4. The highest BCUT2D eigenvalue weighted by Crippen LogP contribution is 2.21. The molecule has 1 aromatic heterocycles. The molecule has 2 N–H and O–H groups in total. The molecule has 0 saturated carbocycles. The fourth-order valence-corrected chi connectivity index (χ4v) is 1.61. The van der Waals surface area contributed by atoms with E-state index in [9.17, 15) is 17.6 Å². The standard InChI is InChI=1S/C9H12FN3.C2HF3O2/c10-8-5-12-9(13-6-8)7-1-3-11-4-2-7;3-2(4,5)1(6)7/h5-7,11H,1-4H2;(H,6,7). The number of hydrogen-bond acceptors (Lipinski definition) is 4. The van der Waals surface area contributed by atoms with Gasteiger partial charge in [0.15, 0.2) is 5.82 Å². The largest absolute Gasteiger partial charge is 0.490 e. The van der Waals surface area contributed by atoms with E-state index in [1.807, 2.05) is 0 Å². The average molecular weight is 295 g/mol. The lowest BCUT2D eigenvalue weighted by atomic mass is 9.97. The fourth-order valence-electron chi connectivity index (χ4n) is 1.61. The molecule has 0 amide bonds. The number of aliphatic carboxylic acids is 1. The van der Waals surface area contributed by atoms with Crippen molar-refractivity contribution in [2.75, 3.05) is 13.1 Å². The van der Waals surface area contributed by atoms with Crippen molar-refractivity contribution in [1.82, 2.24) is 15.3 Å². The van der Waals surface area contributed by atoms with Crippen molar-refractivity contribution in [2.24, 2.45) is 0 Å². The van der Waals surface area contributed by atoms with E-state index in [0.717, 1.165) is 31.8 Å². The van der Waals surface area contributed by atoms with Gasteiger partial charge in [-0.25, -0.2) is 19.2 Å². The van der Waals surface area contributed by atoms with Crippen molar-refractivity contribution in [1.29, 1.82) is 0 Å². The topological polar surface area (TPSA) is 75.1 Å². The minimum Gasteiger partial charge on any atom is -0.475 e. The summed E-state index contributed by atoms with van der Waals surface area (Å²) >= 11 is 0. The van der Waals surface area contributed by atoms with Crippen LogP contribution in [0.4, 0.5) is 17.6 Å². The van der Waals surface area contributed by atoms with E-state index in [-0.39, 0.29) is 5.82 Å². The average Bonchev–Trinajstić information content (AvgIpc) is 2.40. The van der Waals surface area contributed by atoms with Crippen LogP contribution >= 0.6 is 0 Å². The van der Waals surface area contributed by atoms with Gasteiger partial charge in [-0.2, -0.15) is 13.2 Å². The number of carboxylic acid groups (broad SMARTS) is 1. The van der Waals surface area contributed by atoms with Crippen LogP contribution in [-0.4, -0.2) is 40.3 Å². The highest BCUT2D eigenvalue weighted by Gasteiger charge is 2.38. The molecular formula is C11H13F4N3O2. The first-order chi connectivity index (χ1) is 9.30. The van der Waals surface area contributed by atoms with E-state index in [0.29, 0.717) is 5.92 Å². The maximum absolute atomic E-state index is 12.5. The molecule has 5 nitrogen and oxygen atoms in total. The van der Waals surface area contributed by atoms with Gasteiger partial charge in [-0.15, -0.1) is 0 Å². The number of alkyl halides is 3. The first kappa shape index (κ1) is 16.3. The first-order valence-electron chi connectivity index (χ1n) is 5.79. The van der Waals surface area contributed by atoms with Gasteiger partial charge in [-0.3, -0.25) is 0 Å². The van der Waals surface area contributed by atoms with Gasteiger partial charge in [0.25, 0.3) is 0 Å². The van der Waals surface area contributed by atoms with E-state index >= 15 is 0 Å². The maximum Gasteiger partial charge on any atom is 0.490 e. The number of rotatable bonds is 1. The van der Waals surface area contributed by atoms with Gasteiger partial charge in [0, 0.05) is 5.92 Å². The van der Waals surface area contributed by atoms with E-state index in [1.54, 1.807) is 0 Å². The first-order valence-corrected chi connectivity index (χ1v) is 5.79. The van der Waals surface area contributed by atoms with Gasteiger partial charge in [0.2, 0.25) is 0 Å². The molecule has 0 atom stereocenters. The molecule has 112 valence electrons. The predicted octanol–water partition coefficient (Wildman–Crippen LogP) is 1.72. The van der Waals surface area contributed by atoms with Gasteiger partial charge >= 0.3 is 12.1 Å². The van der Waals surface area contributed by atoms with E-state index in [4.69, 9.17) is 9.90 Å². The molecule has 0 spiro atoms. The number of piperidine rings is 1. The third kappa shape index (κ3) is 5.47. The van der Waals surface area contributed by atoms with Gasteiger partial charge in [0.05, 0.1) is 12.4 Å². The summed E-state index contributed by atoms with van der Waals surface area (Å²) in [5.41, 5.74) is 0. The molecule has 2 rings (SSSR count). The normalized spacial score (nSPS) is 16.2. The third-order valence-corrected chi connectivity index (χ3v) is 2.59. The smallest absolute Gasteiger partial charge is 0.475 e. The van der Waals surface area contributed by atoms with Crippen molar-refractivity contribution in [2.45, 2.75) is 24.9 Å². The van der Waals surface area contributed by atoms with Crippen molar-refractivity contribution in [3.8, 4) is 0 Å². The Morgan fingerprint density at radius 1 is 1.25 bits per heavy atom. The zero-order valence-corrected chi connectivity index (χ0v) is 10.3. The second-order valence-corrected chi connectivity index (χ2v) is 4.09. The number of carbonyl (C=O) groups is 1. The molecule has 1 fully saturated rings. The highest BCUT2D eigenvalue weighted by molar-refractivity contribution is 5.73. The Bertz CT molecular complexity index is 430. The summed E-state index contributed by atoms with van der Waals surface area (Å²) < 4.78 is 44.3. The summed E-state index contributed by atoms with van der Waals surface area (Å²) in [4.78, 5) is 16.9. The molecule has 0 radical (unpaired) electrons. The lowest BCUT2D eigenvalue weighted by Crippen LogP contribution is -2.27. The number of nitrogens with zero attached hydrogens (tertiary/aromatic N) is 2. The predicted molar refractivity (Wildman–Crippen MR) is 60.5 cm³/mol. The fraction of sp³-hybridized carbons (Fsp3) is 0.545. The Labute approximate surface area is 112 Å². The Kier molecular flexibility index (Phi) is 5.81. The number of carboxylic acids is 1. The summed E-state index contributed by atoms with van der Waals surface area (Å²) in [6, 6.07) is 0. The monoisotopic (exact) mass is 295 g/mol. The van der Waals surface area contributed by atoms with Gasteiger partial charge < -0.3 is 10.4 Å². The van der Waals surface area contributed by atoms with Crippen LogP contribution in [0.3, 0.4) is 0 Å². The van der Waals surface area contributed by atoms with Crippen LogP contribution in [0.2, 0.25) is 0 Å². The van der Waals surface area contributed by atoms with Gasteiger partial charge in [-0.1, -0.05) is 0 Å². The lowest BCUT2D eigenvalue weighted by Gasteiger charge is -2.20. The molecule has 1 saturated heterocycles. The highest BCUT2D eigenvalue weighted by atomic mass is 19.4. The molecule has 2 heterocycles. The van der Waals surface area contributed by atoms with E-state index in [2.05, 4.69) is 15.3 Å². The lowest BCUT2D eigenvalue weighted by molar-refractivity contribution is -0.192. The molecule has 0 aromatic carbocycles. The van der Waals surface area contributed by atoms with Gasteiger partial charge in [-0.05, 0) is 25.9 Å². The zero-order valence-electron chi connectivity index (χ0n) is 10.3. The van der Waals surface area contributed by atoms with Crippen LogP contribution in [0, 0.1) is 5.82 Å². The molecule has 9 heteroatoms. The molecule has 0 bridgehead atoms. The molecule has 20 heavy (non-hydrogen) atoms. The van der Waals surface area contributed by atoms with Crippen molar-refractivity contribution in [3.05, 3.63) is 24.0 Å². The second-order valence-electron chi connectivity index (χ2n) is 4.09. The maximum atomic E-state index is 12.5.